The predicted octanol–water partition coefficient (Wildman–Crippen LogP) is 2.59. The van der Waals surface area contributed by atoms with E-state index >= 15 is 0 Å². The number of alkyl halides is 1. The third-order valence-corrected chi connectivity index (χ3v) is 2.42. The van der Waals surface area contributed by atoms with Gasteiger partial charge in [-0.05, 0) is 23.6 Å². The minimum atomic E-state index is -0.458. The summed E-state index contributed by atoms with van der Waals surface area (Å²) in [6.07, 6.45) is -0.0616. The molecule has 4 heteroatoms. The van der Waals surface area contributed by atoms with Crippen LogP contribution in [-0.4, -0.2) is 13.1 Å². The molecular formula is C11H12ClFO2. The van der Waals surface area contributed by atoms with E-state index in [0.29, 0.717) is 17.0 Å². The molecule has 0 atom stereocenters. The fraction of sp³-hybridized carbons (Fsp3) is 0.364. The lowest BCUT2D eigenvalue weighted by atomic mass is 10.0. The molecule has 0 amide bonds. The summed E-state index contributed by atoms with van der Waals surface area (Å²) >= 11 is 5.66. The van der Waals surface area contributed by atoms with E-state index in [-0.39, 0.29) is 12.2 Å². The van der Waals surface area contributed by atoms with Crippen molar-refractivity contribution in [2.24, 2.45) is 0 Å². The fourth-order valence-corrected chi connectivity index (χ4v) is 1.51. The molecule has 0 spiro atoms. The van der Waals surface area contributed by atoms with Crippen molar-refractivity contribution in [3.8, 4) is 0 Å². The van der Waals surface area contributed by atoms with Gasteiger partial charge in [0.05, 0.1) is 13.5 Å². The van der Waals surface area contributed by atoms with E-state index in [1.807, 2.05) is 0 Å². The van der Waals surface area contributed by atoms with Crippen LogP contribution in [0.15, 0.2) is 12.1 Å². The Morgan fingerprint density at radius 3 is 2.73 bits per heavy atom. The average molecular weight is 231 g/mol. The summed E-state index contributed by atoms with van der Waals surface area (Å²) in [5.41, 5.74) is 1.62. The number of hydrogen-bond donors (Lipinski definition) is 0. The third kappa shape index (κ3) is 2.93. The number of aryl methyl sites for hydroxylation is 1. The summed E-state index contributed by atoms with van der Waals surface area (Å²) in [4.78, 5) is 11.0. The molecule has 0 saturated carbocycles. The molecule has 15 heavy (non-hydrogen) atoms. The van der Waals surface area contributed by atoms with Gasteiger partial charge in [0.15, 0.2) is 0 Å². The monoisotopic (exact) mass is 230 g/mol. The van der Waals surface area contributed by atoms with Gasteiger partial charge in [-0.1, -0.05) is 12.1 Å². The lowest BCUT2D eigenvalue weighted by molar-refractivity contribution is -0.139. The largest absolute Gasteiger partial charge is 0.469 e. The second-order valence-corrected chi connectivity index (χ2v) is 3.54. The van der Waals surface area contributed by atoms with Crippen LogP contribution >= 0.6 is 11.6 Å². The maximum atomic E-state index is 13.6. The van der Waals surface area contributed by atoms with E-state index in [9.17, 15) is 9.18 Å². The molecular weight excluding hydrogens is 219 g/mol. The van der Waals surface area contributed by atoms with Gasteiger partial charge in [0.2, 0.25) is 0 Å². The molecule has 0 unspecified atom stereocenters. The summed E-state index contributed by atoms with van der Waals surface area (Å²) in [6, 6.07) is 3.26. The first-order valence-corrected chi connectivity index (χ1v) is 5.02. The number of esters is 1. The average Bonchev–Trinajstić information content (AvgIpc) is 2.24. The zero-order chi connectivity index (χ0) is 11.4. The highest BCUT2D eigenvalue weighted by atomic mass is 35.5. The van der Waals surface area contributed by atoms with Gasteiger partial charge < -0.3 is 4.74 Å². The fourth-order valence-electron chi connectivity index (χ4n) is 1.36. The maximum Gasteiger partial charge on any atom is 0.310 e. The van der Waals surface area contributed by atoms with Crippen LogP contribution in [0.2, 0.25) is 0 Å². The highest BCUT2D eigenvalue weighted by Crippen LogP contribution is 2.17. The van der Waals surface area contributed by atoms with Crippen LogP contribution < -0.4 is 0 Å². The van der Waals surface area contributed by atoms with Crippen molar-refractivity contribution in [2.45, 2.75) is 19.2 Å². The van der Waals surface area contributed by atoms with Crippen LogP contribution in [-0.2, 0) is 21.8 Å². The molecule has 1 aromatic rings. The number of carbonyl (C=O) groups excluding carboxylic acids is 1. The number of ether oxygens (including phenoxy) is 1. The SMILES string of the molecule is COC(=O)Cc1cc(CCl)cc(C)c1F. The molecule has 1 aromatic carbocycles. The molecule has 0 aliphatic heterocycles. The highest BCUT2D eigenvalue weighted by molar-refractivity contribution is 6.17. The number of hydrogen-bond acceptors (Lipinski definition) is 2. The summed E-state index contributed by atoms with van der Waals surface area (Å²) in [5, 5.41) is 0. The number of methoxy groups -OCH3 is 1. The molecule has 0 aliphatic carbocycles. The normalized spacial score (nSPS) is 10.1. The Bertz CT molecular complexity index is 377. The predicted molar refractivity (Wildman–Crippen MR) is 56.4 cm³/mol. The van der Waals surface area contributed by atoms with E-state index in [4.69, 9.17) is 11.6 Å². The smallest absolute Gasteiger partial charge is 0.310 e. The van der Waals surface area contributed by atoms with Gasteiger partial charge >= 0.3 is 5.97 Å². The second kappa shape index (κ2) is 5.12. The van der Waals surface area contributed by atoms with Crippen LogP contribution in [0, 0.1) is 12.7 Å². The summed E-state index contributed by atoms with van der Waals surface area (Å²) < 4.78 is 18.0. The van der Waals surface area contributed by atoms with Crippen LogP contribution in [0.1, 0.15) is 16.7 Å². The summed E-state index contributed by atoms with van der Waals surface area (Å²) in [7, 11) is 1.28. The second-order valence-electron chi connectivity index (χ2n) is 3.27. The van der Waals surface area contributed by atoms with Crippen molar-refractivity contribution >= 4 is 17.6 Å². The molecule has 1 rings (SSSR count). The molecule has 82 valence electrons. The number of halogens is 2. The van der Waals surface area contributed by atoms with Crippen LogP contribution in [0.4, 0.5) is 4.39 Å². The Labute approximate surface area is 93.0 Å². The van der Waals surface area contributed by atoms with Crippen LogP contribution in [0.3, 0.4) is 0 Å². The number of rotatable bonds is 3. The first kappa shape index (κ1) is 12.0. The van der Waals surface area contributed by atoms with Gasteiger partial charge in [-0.3, -0.25) is 4.79 Å². The van der Waals surface area contributed by atoms with Gasteiger partial charge in [0, 0.05) is 5.88 Å². The van der Waals surface area contributed by atoms with Crippen LogP contribution in [0.5, 0.6) is 0 Å². The molecule has 0 fully saturated rings. The van der Waals surface area contributed by atoms with Crippen molar-refractivity contribution in [3.63, 3.8) is 0 Å². The van der Waals surface area contributed by atoms with E-state index < -0.39 is 5.97 Å². The van der Waals surface area contributed by atoms with Gasteiger partial charge in [0.1, 0.15) is 5.82 Å². The zero-order valence-corrected chi connectivity index (χ0v) is 9.40. The molecule has 0 aliphatic rings. The Kier molecular flexibility index (Phi) is 4.09. The topological polar surface area (TPSA) is 26.3 Å². The van der Waals surface area contributed by atoms with Crippen LogP contribution in [0.25, 0.3) is 0 Å². The first-order valence-electron chi connectivity index (χ1n) is 4.49. The molecule has 0 radical (unpaired) electrons. The lowest BCUT2D eigenvalue weighted by Gasteiger charge is -2.07. The number of benzene rings is 1. The molecule has 0 heterocycles. The first-order chi connectivity index (χ1) is 7.08. The summed E-state index contributed by atoms with van der Waals surface area (Å²) in [5.74, 6) is -0.524. The van der Waals surface area contributed by atoms with Gasteiger partial charge in [-0.15, -0.1) is 11.6 Å². The Morgan fingerprint density at radius 1 is 1.53 bits per heavy atom. The Hall–Kier alpha value is -1.09. The van der Waals surface area contributed by atoms with Crippen molar-refractivity contribution in [3.05, 3.63) is 34.6 Å². The highest BCUT2D eigenvalue weighted by Gasteiger charge is 2.11. The van der Waals surface area contributed by atoms with Crippen molar-refractivity contribution < 1.29 is 13.9 Å². The molecule has 0 bridgehead atoms. The molecule has 2 nitrogen and oxygen atoms in total. The minimum Gasteiger partial charge on any atom is -0.469 e. The van der Waals surface area contributed by atoms with Crippen molar-refractivity contribution in [1.82, 2.24) is 0 Å². The van der Waals surface area contributed by atoms with Gasteiger partial charge in [-0.2, -0.15) is 0 Å². The number of carbonyl (C=O) groups is 1. The van der Waals surface area contributed by atoms with E-state index in [0.717, 1.165) is 5.56 Å². The van der Waals surface area contributed by atoms with E-state index in [1.54, 1.807) is 19.1 Å². The lowest BCUT2D eigenvalue weighted by Crippen LogP contribution is -2.07. The molecule has 0 aromatic heterocycles. The van der Waals surface area contributed by atoms with Crippen molar-refractivity contribution in [1.29, 1.82) is 0 Å². The quantitative estimate of drug-likeness (QED) is 0.589. The summed E-state index contributed by atoms with van der Waals surface area (Å²) in [6.45, 7) is 1.65. The Morgan fingerprint density at radius 2 is 2.20 bits per heavy atom. The maximum absolute atomic E-state index is 13.6. The van der Waals surface area contributed by atoms with Crippen molar-refractivity contribution in [2.75, 3.05) is 7.11 Å². The van der Waals surface area contributed by atoms with Gasteiger partial charge in [0.25, 0.3) is 0 Å². The van der Waals surface area contributed by atoms with Gasteiger partial charge in [-0.25, -0.2) is 4.39 Å². The van der Waals surface area contributed by atoms with E-state index in [2.05, 4.69) is 4.74 Å². The minimum absolute atomic E-state index is 0.0616. The third-order valence-electron chi connectivity index (χ3n) is 2.11. The zero-order valence-electron chi connectivity index (χ0n) is 8.64. The standard InChI is InChI=1S/C11H12ClFO2/c1-7-3-8(6-12)4-9(11(7)13)5-10(14)15-2/h3-4H,5-6H2,1-2H3. The molecule has 0 saturated heterocycles. The molecule has 0 N–H and O–H groups in total. The Balaban J connectivity index is 3.05. The van der Waals surface area contributed by atoms with E-state index in [1.165, 1.54) is 7.11 Å².